The van der Waals surface area contributed by atoms with Crippen molar-refractivity contribution < 1.29 is 70.6 Å². The molecular weight excluding hydrogens is 529 g/mol. The van der Waals surface area contributed by atoms with Gasteiger partial charge in [0.2, 0.25) is 0 Å². The van der Waals surface area contributed by atoms with Gasteiger partial charge < -0.3 is 4.74 Å². The number of benzene rings is 1. The first-order chi connectivity index (χ1) is 14.4. The van der Waals surface area contributed by atoms with Gasteiger partial charge in [-0.3, -0.25) is 0 Å². The maximum atomic E-state index is 14.0. The second-order valence-electron chi connectivity index (χ2n) is 6.55. The average molecular weight is 539 g/mol. The summed E-state index contributed by atoms with van der Waals surface area (Å²) in [7, 11) is 0.568. The number of methoxy groups -OCH3 is 1. The van der Waals surface area contributed by atoms with Crippen molar-refractivity contribution in [1.29, 1.82) is 0 Å². The monoisotopic (exact) mass is 538 g/mol. The number of hydrogen-bond acceptors (Lipinski definition) is 1. The van der Waals surface area contributed by atoms with Gasteiger partial charge in [-0.2, -0.15) is 65.9 Å². The summed E-state index contributed by atoms with van der Waals surface area (Å²) in [6.45, 7) is 0. The summed E-state index contributed by atoms with van der Waals surface area (Å²) >= 11 is 5.48. The molecule has 0 bridgehead atoms. The van der Waals surface area contributed by atoms with E-state index in [9.17, 15) is 65.9 Å². The van der Waals surface area contributed by atoms with Crippen molar-refractivity contribution in [2.45, 2.75) is 54.2 Å². The fourth-order valence-electron chi connectivity index (χ4n) is 2.37. The van der Waals surface area contributed by atoms with E-state index in [0.29, 0.717) is 7.11 Å². The van der Waals surface area contributed by atoms with Crippen molar-refractivity contribution in [1.82, 2.24) is 0 Å². The van der Waals surface area contributed by atoms with Gasteiger partial charge in [0, 0.05) is 18.6 Å². The molecule has 17 heteroatoms. The average Bonchev–Trinajstić information content (AvgIpc) is 2.65. The Morgan fingerprint density at radius 3 is 1.36 bits per heavy atom. The number of alkyl halides is 15. The number of halogens is 16. The summed E-state index contributed by atoms with van der Waals surface area (Å²) in [5.41, 5.74) is -0.471. The van der Waals surface area contributed by atoms with Crippen LogP contribution < -0.4 is 0 Å². The SMILES string of the molecule is COC(CC(F)(F)C(F)(F)C(F)(F)C(F)(F)C(F)(F)C(F)(F)C(F)(F)F)c1ccc(Cl)cc1. The Morgan fingerprint density at radius 1 is 0.636 bits per heavy atom. The number of hydrogen-bond donors (Lipinski definition) is 0. The molecule has 0 heterocycles. The molecule has 1 aromatic carbocycles. The maximum Gasteiger partial charge on any atom is 0.460 e. The van der Waals surface area contributed by atoms with E-state index >= 15 is 0 Å². The third-order valence-corrected chi connectivity index (χ3v) is 4.61. The van der Waals surface area contributed by atoms with Gasteiger partial charge in [-0.15, -0.1) is 0 Å². The van der Waals surface area contributed by atoms with Crippen LogP contribution in [-0.4, -0.2) is 48.8 Å². The molecule has 33 heavy (non-hydrogen) atoms. The fraction of sp³-hybridized carbons (Fsp3) is 0.625. The van der Waals surface area contributed by atoms with Crippen molar-refractivity contribution in [3.63, 3.8) is 0 Å². The van der Waals surface area contributed by atoms with Crippen molar-refractivity contribution in [3.05, 3.63) is 34.9 Å². The molecule has 0 spiro atoms. The minimum absolute atomic E-state index is 0.0373. The van der Waals surface area contributed by atoms with Gasteiger partial charge in [0.15, 0.2) is 0 Å². The molecule has 0 aliphatic rings. The molecule has 1 atom stereocenters. The first-order valence-corrected chi connectivity index (χ1v) is 8.42. The van der Waals surface area contributed by atoms with E-state index in [2.05, 4.69) is 4.74 Å². The lowest BCUT2D eigenvalue weighted by Gasteiger charge is -2.42. The van der Waals surface area contributed by atoms with Crippen molar-refractivity contribution in [3.8, 4) is 0 Å². The van der Waals surface area contributed by atoms with Crippen LogP contribution >= 0.6 is 11.6 Å². The Morgan fingerprint density at radius 2 is 1.00 bits per heavy atom. The molecule has 1 unspecified atom stereocenters. The number of ether oxygens (including phenoxy) is 1. The Bertz CT molecular complexity index is 816. The van der Waals surface area contributed by atoms with Gasteiger partial charge >= 0.3 is 41.7 Å². The standard InChI is InChI=1S/C16H10ClF15O/c1-33-9(7-2-4-8(17)5-3-7)6-10(18,19)11(20,21)12(22,23)13(24,25)14(26,27)15(28,29)16(30,31)32/h2-5,9H,6H2,1H3. The Hall–Kier alpha value is -1.58. The van der Waals surface area contributed by atoms with E-state index in [4.69, 9.17) is 11.6 Å². The summed E-state index contributed by atoms with van der Waals surface area (Å²) in [4.78, 5) is 0. The van der Waals surface area contributed by atoms with Crippen LogP contribution in [0, 0.1) is 0 Å². The van der Waals surface area contributed by atoms with Crippen LogP contribution in [0.25, 0.3) is 0 Å². The summed E-state index contributed by atoms with van der Waals surface area (Å²) in [5.74, 6) is -46.7. The molecule has 0 radical (unpaired) electrons. The first kappa shape index (κ1) is 29.5. The molecule has 0 amide bonds. The molecule has 192 valence electrons. The minimum atomic E-state index is -8.31. The fourth-order valence-corrected chi connectivity index (χ4v) is 2.50. The van der Waals surface area contributed by atoms with Crippen molar-refractivity contribution in [2.24, 2.45) is 0 Å². The predicted molar refractivity (Wildman–Crippen MR) is 81.6 cm³/mol. The topological polar surface area (TPSA) is 9.23 Å². The molecule has 0 saturated carbocycles. The molecule has 0 N–H and O–H groups in total. The normalized spacial score (nSPS) is 16.2. The van der Waals surface area contributed by atoms with Crippen LogP contribution in [0.4, 0.5) is 65.9 Å². The molecule has 0 saturated heterocycles. The van der Waals surface area contributed by atoms with Crippen LogP contribution in [-0.2, 0) is 4.74 Å². The predicted octanol–water partition coefficient (Wildman–Crippen LogP) is 7.79. The highest BCUT2D eigenvalue weighted by Crippen LogP contribution is 2.63. The second kappa shape index (κ2) is 8.57. The van der Waals surface area contributed by atoms with Gasteiger partial charge in [-0.1, -0.05) is 23.7 Å². The van der Waals surface area contributed by atoms with Crippen LogP contribution in [0.5, 0.6) is 0 Å². The molecule has 0 fully saturated rings. The summed E-state index contributed by atoms with van der Waals surface area (Å²) in [5, 5.41) is -0.0373. The van der Waals surface area contributed by atoms with E-state index in [1.54, 1.807) is 0 Å². The van der Waals surface area contributed by atoms with Crippen LogP contribution in [0.15, 0.2) is 24.3 Å². The highest BCUT2D eigenvalue weighted by atomic mass is 35.5. The molecule has 0 aliphatic carbocycles. The summed E-state index contributed by atoms with van der Waals surface area (Å²) in [6, 6.07) is 3.63. The molecule has 0 aliphatic heterocycles. The van der Waals surface area contributed by atoms with Gasteiger partial charge in [-0.25, -0.2) is 0 Å². The van der Waals surface area contributed by atoms with Crippen molar-refractivity contribution in [2.75, 3.05) is 7.11 Å². The minimum Gasteiger partial charge on any atom is -0.377 e. The molecule has 1 aromatic rings. The Balaban J connectivity index is 3.48. The zero-order chi connectivity index (χ0) is 26.5. The largest absolute Gasteiger partial charge is 0.460 e. The highest BCUT2D eigenvalue weighted by molar-refractivity contribution is 6.30. The van der Waals surface area contributed by atoms with Crippen LogP contribution in [0.3, 0.4) is 0 Å². The zero-order valence-electron chi connectivity index (χ0n) is 15.5. The van der Waals surface area contributed by atoms with E-state index in [0.717, 1.165) is 24.3 Å². The third-order valence-electron chi connectivity index (χ3n) is 4.36. The van der Waals surface area contributed by atoms with E-state index in [1.165, 1.54) is 0 Å². The van der Waals surface area contributed by atoms with Gasteiger partial charge in [0.25, 0.3) is 0 Å². The molecule has 1 nitrogen and oxygen atoms in total. The molecule has 0 aromatic heterocycles. The third kappa shape index (κ3) is 4.56. The molecular formula is C16H10ClF15O. The Labute approximate surface area is 179 Å². The number of rotatable bonds is 9. The van der Waals surface area contributed by atoms with Gasteiger partial charge in [-0.05, 0) is 17.7 Å². The van der Waals surface area contributed by atoms with Gasteiger partial charge in [0.05, 0.1) is 6.10 Å². The smallest absolute Gasteiger partial charge is 0.377 e. The molecule has 1 rings (SSSR count). The highest BCUT2D eigenvalue weighted by Gasteiger charge is 2.93. The maximum absolute atomic E-state index is 14.0. The van der Waals surface area contributed by atoms with Gasteiger partial charge in [0.1, 0.15) is 0 Å². The van der Waals surface area contributed by atoms with Crippen LogP contribution in [0.1, 0.15) is 18.1 Å². The van der Waals surface area contributed by atoms with E-state index < -0.39 is 59.8 Å². The second-order valence-corrected chi connectivity index (χ2v) is 6.99. The first-order valence-electron chi connectivity index (χ1n) is 8.04. The zero-order valence-corrected chi connectivity index (χ0v) is 16.3. The van der Waals surface area contributed by atoms with E-state index in [-0.39, 0.29) is 5.02 Å². The van der Waals surface area contributed by atoms with Crippen molar-refractivity contribution >= 4 is 11.6 Å². The lowest BCUT2D eigenvalue weighted by atomic mass is 9.88. The van der Waals surface area contributed by atoms with E-state index in [1.807, 2.05) is 0 Å². The summed E-state index contributed by atoms with van der Waals surface area (Å²) in [6.07, 6.45) is -12.5. The Kier molecular flexibility index (Phi) is 7.65. The van der Waals surface area contributed by atoms with Crippen LogP contribution in [0.2, 0.25) is 5.02 Å². The lowest BCUT2D eigenvalue weighted by molar-refractivity contribution is -0.453. The summed E-state index contributed by atoms with van der Waals surface area (Å²) < 4.78 is 203. The quantitative estimate of drug-likeness (QED) is 0.292. The lowest BCUT2D eigenvalue weighted by Crippen LogP contribution is -2.72.